The van der Waals surface area contributed by atoms with Gasteiger partial charge in [-0.2, -0.15) is 0 Å². The fourth-order valence-corrected chi connectivity index (χ4v) is 0. The zero-order valence-electron chi connectivity index (χ0n) is 57.8. The van der Waals surface area contributed by atoms with Crippen molar-refractivity contribution in [3.63, 3.8) is 0 Å². The maximum atomic E-state index is 9.00. The topological polar surface area (TPSA) is 186 Å². The van der Waals surface area contributed by atoms with Crippen molar-refractivity contribution >= 4 is 29.8 Å². The minimum Gasteiger partial charge on any atom is -1.00 e. The van der Waals surface area contributed by atoms with Gasteiger partial charge in [-0.3, -0.25) is 24.0 Å². The van der Waals surface area contributed by atoms with Crippen LogP contribution in [0.3, 0.4) is 0 Å². The average molecular weight is 852 g/mol. The molecule has 0 spiro atoms. The quantitative estimate of drug-likeness (QED) is 0.147. The molecule has 0 radical (unpaired) electrons. The van der Waals surface area contributed by atoms with E-state index in [0.29, 0.717) is 0 Å². The van der Waals surface area contributed by atoms with E-state index in [9.17, 15) is 0 Å². The number of carbonyl (C=O) groups is 5. The molecule has 0 aliphatic heterocycles. The Balaban J connectivity index is -0.000000000741. The van der Waals surface area contributed by atoms with E-state index in [1.54, 1.807) is 0 Å². The van der Waals surface area contributed by atoms with Crippen LogP contribution in [0.5, 0.6) is 0 Å². The summed E-state index contributed by atoms with van der Waals surface area (Å²) in [6, 6.07) is 0. The van der Waals surface area contributed by atoms with E-state index >= 15 is 0 Å². The summed E-state index contributed by atoms with van der Waals surface area (Å²) in [4.78, 5) is 45.0. The van der Waals surface area contributed by atoms with Crippen LogP contribution in [0.2, 0.25) is 0 Å². The van der Waals surface area contributed by atoms with Gasteiger partial charge in [0.25, 0.3) is 29.8 Å². The number of hydrogen-bond acceptors (Lipinski definition) is 5. The average Bonchev–Trinajstić information content (AvgIpc) is 1.94. The van der Waals surface area contributed by atoms with Crippen LogP contribution in [0, 0.1) is 0 Å². The van der Waals surface area contributed by atoms with Crippen molar-refractivity contribution < 1.29 is 762 Å². The number of carboxylic acids is 5. The van der Waals surface area contributed by atoms with Crippen LogP contribution in [0.4, 0.5) is 0 Å². The molecule has 10 nitrogen and oxygen atoms in total. The normalized spacial score (nSPS) is 2.91. The first kappa shape index (κ1) is 197. The summed E-state index contributed by atoms with van der Waals surface area (Å²) >= 11 is 0. The van der Waals surface area contributed by atoms with E-state index in [2.05, 4.69) is 0 Å². The van der Waals surface area contributed by atoms with Crippen LogP contribution in [-0.4, -0.2) is 55.4 Å². The van der Waals surface area contributed by atoms with E-state index < -0.39 is 29.8 Å². The summed E-state index contributed by atoms with van der Waals surface area (Å²) in [6.07, 6.45) is 0. The molecule has 33 heteroatoms. The van der Waals surface area contributed by atoms with E-state index in [1.165, 1.54) is 0 Å². The molecule has 0 aromatic rings. The van der Waals surface area contributed by atoms with Crippen LogP contribution >= 0.6 is 0 Å². The van der Waals surface area contributed by atoms with Gasteiger partial charge in [0.2, 0.25) is 0 Å². The van der Waals surface area contributed by atoms with Gasteiger partial charge in [0.05, 0.1) is 0 Å². The Morgan fingerprint density at radius 3 is 0.233 bits per heavy atom. The van der Waals surface area contributed by atoms with Crippen LogP contribution in [0.1, 0.15) is 67.4 Å². The first-order valence-electron chi connectivity index (χ1n) is 4.64. The molecular formula is C10H43Na23O10. The van der Waals surface area contributed by atoms with Gasteiger partial charge >= 0.3 is 680 Å². The first-order valence-corrected chi connectivity index (χ1v) is 4.64. The van der Waals surface area contributed by atoms with Crippen LogP contribution in [-0.2, 0) is 24.0 Å². The Kier molecular flexibility index (Phi) is 861. The predicted molar refractivity (Wildman–Crippen MR) is 92.1 cm³/mol. The van der Waals surface area contributed by atoms with E-state index in [-0.39, 0.29) is 713 Å². The summed E-state index contributed by atoms with van der Waals surface area (Å²) in [6.45, 7) is 5.42. The zero-order chi connectivity index (χ0) is 17.9. The van der Waals surface area contributed by atoms with Gasteiger partial charge in [0.15, 0.2) is 0 Å². The van der Waals surface area contributed by atoms with Crippen molar-refractivity contribution in [2.75, 3.05) is 0 Å². The Morgan fingerprint density at radius 1 is 0.233 bits per heavy atom. The third kappa shape index (κ3) is 548. The minimum atomic E-state index is -0.833. The van der Waals surface area contributed by atoms with Crippen LogP contribution in [0.25, 0.3) is 0 Å². The van der Waals surface area contributed by atoms with Crippen molar-refractivity contribution in [3.8, 4) is 0 Å². The van der Waals surface area contributed by atoms with E-state index in [0.717, 1.165) is 34.6 Å². The Bertz CT molecular complexity index is 309. The molecule has 0 aliphatic rings. The Hall–Kier alpha value is 20.4. The molecule has 0 fully saturated rings. The van der Waals surface area contributed by atoms with Gasteiger partial charge in [-0.05, 0) is 0 Å². The summed E-state index contributed by atoms with van der Waals surface area (Å²) < 4.78 is 0. The zero-order valence-corrected chi connectivity index (χ0v) is 80.8. The van der Waals surface area contributed by atoms with Gasteiger partial charge in [0.1, 0.15) is 0 Å². The maximum absolute atomic E-state index is 9.00. The van der Waals surface area contributed by atoms with Crippen molar-refractivity contribution in [1.82, 2.24) is 0 Å². The number of aliphatic carboxylic acids is 5. The molecule has 5 N–H and O–H groups in total. The van der Waals surface area contributed by atoms with Crippen molar-refractivity contribution in [1.29, 1.82) is 0 Å². The fraction of sp³-hybridized carbons (Fsp3) is 0.500. The maximum Gasteiger partial charge on any atom is 1.00 e. The van der Waals surface area contributed by atoms with E-state index in [1.807, 2.05) is 0 Å². The third-order valence-electron chi connectivity index (χ3n) is 0. The molecule has 0 unspecified atom stereocenters. The number of hydrogen-bond donors (Lipinski definition) is 5. The molecule has 43 heavy (non-hydrogen) atoms. The largest absolute Gasteiger partial charge is 1.00 e. The molecule has 0 aromatic heterocycles. The van der Waals surface area contributed by atoms with Crippen molar-refractivity contribution in [3.05, 3.63) is 0 Å². The molecule has 0 atom stereocenters. The molecule has 0 saturated heterocycles. The molecular weight excluding hydrogens is 809 g/mol. The summed E-state index contributed by atoms with van der Waals surface area (Å²) in [7, 11) is 0. The van der Waals surface area contributed by atoms with Gasteiger partial charge in [-0.25, -0.2) is 0 Å². The summed E-state index contributed by atoms with van der Waals surface area (Å²) in [5.41, 5.74) is 0. The summed E-state index contributed by atoms with van der Waals surface area (Å²) in [5, 5.41) is 37.1. The predicted octanol–water partition coefficient (Wildman–Crippen LogP) is -65.9. The second-order valence-electron chi connectivity index (χ2n) is 2.60. The first-order chi connectivity index (χ1) is 8.66. The van der Waals surface area contributed by atoms with Gasteiger partial charge in [-0.15, -0.1) is 0 Å². The van der Waals surface area contributed by atoms with Crippen molar-refractivity contribution in [2.24, 2.45) is 0 Å². The molecule has 166 valence electrons. The second-order valence-corrected chi connectivity index (χ2v) is 2.60. The monoisotopic (exact) mass is 852 g/mol. The van der Waals surface area contributed by atoms with Gasteiger partial charge < -0.3 is 58.3 Å². The SMILES string of the molecule is CC(=O)O.CC(=O)O.CC(=O)O.CC(=O)O.CC(=O)O.[H-].[H-].[H-].[H-].[H-].[H-].[H-].[H-].[H-].[H-].[H-].[H-].[H-].[H-].[H-].[H-].[H-].[H-].[H-].[H-].[H-].[H-].[H-].[Na+].[Na+].[Na+].[Na+].[Na+].[Na+].[Na+].[Na+].[Na+].[Na+].[Na+].[Na+].[Na+].[Na+].[Na+].[Na+].[Na+].[Na+].[Na+].[Na+].[Na+].[Na+].[Na+]. The number of rotatable bonds is 0. The molecule has 0 saturated carbocycles. The molecule has 0 aromatic carbocycles. The fourth-order valence-electron chi connectivity index (χ4n) is 0. The van der Waals surface area contributed by atoms with Crippen LogP contribution < -0.4 is 680 Å². The van der Waals surface area contributed by atoms with E-state index in [4.69, 9.17) is 49.5 Å². The molecule has 0 amide bonds. The Morgan fingerprint density at radius 2 is 0.233 bits per heavy atom. The second kappa shape index (κ2) is 188. The molecule has 0 rings (SSSR count). The van der Waals surface area contributed by atoms with Gasteiger partial charge in [0, 0.05) is 34.6 Å². The summed E-state index contributed by atoms with van der Waals surface area (Å²) in [5.74, 6) is -4.17. The standard InChI is InChI=1S/5C2H4O2.23Na.23H/c5*1-2(3)4;;;;;;;;;;;;;;;;;;;;;;;;;;;;;;;;;;;;;;;;;;;;;;/h5*1H3,(H,3,4);;;;;;;;;;;;;;;;;;;;;;;;;;;;;;;;;;;;;;;;;;;;;;/q;;;;;23*+1;23*-1. The van der Waals surface area contributed by atoms with Crippen LogP contribution in [0.15, 0.2) is 0 Å². The van der Waals surface area contributed by atoms with Crippen molar-refractivity contribution in [2.45, 2.75) is 34.6 Å². The molecule has 0 heterocycles. The molecule has 0 aliphatic carbocycles. The van der Waals surface area contributed by atoms with Gasteiger partial charge in [-0.1, -0.05) is 0 Å². The third-order valence-corrected chi connectivity index (χ3v) is 0. The molecule has 0 bridgehead atoms. The smallest absolute Gasteiger partial charge is 1.00 e. The Labute approximate surface area is 802 Å². The number of carboxylic acid groups (broad SMARTS) is 5. The minimum absolute atomic E-state index is 0.